The van der Waals surface area contributed by atoms with Crippen molar-refractivity contribution in [2.45, 2.75) is 51.2 Å². The Balaban J connectivity index is 1.98. The summed E-state index contributed by atoms with van der Waals surface area (Å²) in [7, 11) is 0. The van der Waals surface area contributed by atoms with Crippen molar-refractivity contribution in [3.05, 3.63) is 0 Å². The van der Waals surface area contributed by atoms with Crippen LogP contribution in [0.4, 0.5) is 0 Å². The Hall–Kier alpha value is -0.810. The van der Waals surface area contributed by atoms with Gasteiger partial charge in [0.25, 0.3) is 0 Å². The summed E-state index contributed by atoms with van der Waals surface area (Å²) in [5, 5.41) is 3.23. The molecule has 2 heterocycles. The molecule has 2 rings (SSSR count). The van der Waals surface area contributed by atoms with Crippen molar-refractivity contribution in [3.63, 3.8) is 0 Å². The first-order valence-corrected chi connectivity index (χ1v) is 6.25. The molecule has 0 aromatic heterocycles. The lowest BCUT2D eigenvalue weighted by molar-refractivity contribution is 0.314. The number of nitrogens with zero attached hydrogens (tertiary/aromatic N) is 2. The highest BCUT2D eigenvalue weighted by Crippen LogP contribution is 2.29. The lowest BCUT2D eigenvalue weighted by atomic mass is 10.1. The van der Waals surface area contributed by atoms with Gasteiger partial charge in [0.05, 0.1) is 6.04 Å². The standard InChI is InChI=1S/C11H23N5/c1-8(2)13-11(15-12)14-9-5-7-16-6-3-4-10(9)16/h8-10H,3-7,12H2,1-2H3,(H2,13,14,15). The van der Waals surface area contributed by atoms with E-state index >= 15 is 0 Å². The van der Waals surface area contributed by atoms with Crippen LogP contribution in [0.2, 0.25) is 0 Å². The Morgan fingerprint density at radius 2 is 2.19 bits per heavy atom. The van der Waals surface area contributed by atoms with Gasteiger partial charge in [0.1, 0.15) is 0 Å². The Kier molecular flexibility index (Phi) is 3.66. The molecule has 92 valence electrons. The molecule has 0 aromatic rings. The van der Waals surface area contributed by atoms with Crippen molar-refractivity contribution < 1.29 is 0 Å². The molecule has 0 spiro atoms. The van der Waals surface area contributed by atoms with E-state index in [2.05, 4.69) is 29.5 Å². The van der Waals surface area contributed by atoms with Crippen LogP contribution in [-0.2, 0) is 0 Å². The van der Waals surface area contributed by atoms with Crippen molar-refractivity contribution in [1.82, 2.24) is 15.6 Å². The largest absolute Gasteiger partial charge is 0.353 e. The van der Waals surface area contributed by atoms with Crippen LogP contribution >= 0.6 is 0 Å². The van der Waals surface area contributed by atoms with Gasteiger partial charge in [-0.2, -0.15) is 0 Å². The van der Waals surface area contributed by atoms with Crippen LogP contribution in [-0.4, -0.2) is 42.1 Å². The van der Waals surface area contributed by atoms with Crippen LogP contribution in [0.3, 0.4) is 0 Å². The number of hydrazine groups is 1. The Morgan fingerprint density at radius 3 is 2.88 bits per heavy atom. The Bertz CT molecular complexity index is 263. The molecule has 5 heteroatoms. The van der Waals surface area contributed by atoms with E-state index in [0.717, 1.165) is 12.4 Å². The van der Waals surface area contributed by atoms with Crippen LogP contribution in [0.5, 0.6) is 0 Å². The third-order valence-corrected chi connectivity index (χ3v) is 3.43. The van der Waals surface area contributed by atoms with Gasteiger partial charge < -0.3 is 5.32 Å². The fourth-order valence-corrected chi connectivity index (χ4v) is 2.76. The highest BCUT2D eigenvalue weighted by atomic mass is 15.3. The molecular formula is C11H23N5. The molecule has 2 atom stereocenters. The summed E-state index contributed by atoms with van der Waals surface area (Å²) >= 11 is 0. The van der Waals surface area contributed by atoms with Crippen LogP contribution in [0, 0.1) is 0 Å². The van der Waals surface area contributed by atoms with Gasteiger partial charge in [-0.3, -0.25) is 10.3 Å². The molecule has 0 aliphatic carbocycles. The topological polar surface area (TPSA) is 65.7 Å². The lowest BCUT2D eigenvalue weighted by Crippen LogP contribution is -2.46. The summed E-state index contributed by atoms with van der Waals surface area (Å²) in [6.45, 7) is 6.62. The molecule has 0 amide bonds. The van der Waals surface area contributed by atoms with Gasteiger partial charge in [-0.1, -0.05) is 0 Å². The number of nitrogens with one attached hydrogen (secondary N) is 2. The smallest absolute Gasteiger partial charge is 0.206 e. The van der Waals surface area contributed by atoms with E-state index in [4.69, 9.17) is 10.8 Å². The number of rotatable bonds is 2. The van der Waals surface area contributed by atoms with Gasteiger partial charge >= 0.3 is 0 Å². The molecular weight excluding hydrogens is 202 g/mol. The molecule has 2 saturated heterocycles. The fraction of sp³-hybridized carbons (Fsp3) is 0.909. The molecule has 2 aliphatic heterocycles. The summed E-state index contributed by atoms with van der Waals surface area (Å²) in [4.78, 5) is 7.26. The van der Waals surface area contributed by atoms with E-state index in [-0.39, 0.29) is 0 Å². The average molecular weight is 225 g/mol. The molecule has 2 fully saturated rings. The first-order valence-electron chi connectivity index (χ1n) is 6.25. The Morgan fingerprint density at radius 1 is 1.38 bits per heavy atom. The number of hydrogen-bond donors (Lipinski definition) is 3. The third kappa shape index (κ3) is 2.47. The second-order valence-electron chi connectivity index (χ2n) is 5.02. The number of aliphatic imine (C=N–C) groups is 1. The first kappa shape index (κ1) is 11.7. The summed E-state index contributed by atoms with van der Waals surface area (Å²) in [5.41, 5.74) is 2.66. The normalized spacial score (nSPS) is 30.9. The van der Waals surface area contributed by atoms with Crippen LogP contribution in [0.25, 0.3) is 0 Å². The van der Waals surface area contributed by atoms with Gasteiger partial charge in [-0.05, 0) is 39.7 Å². The van der Waals surface area contributed by atoms with Gasteiger partial charge in [0, 0.05) is 18.6 Å². The predicted molar refractivity (Wildman–Crippen MR) is 66.0 cm³/mol. The molecule has 0 aromatic carbocycles. The van der Waals surface area contributed by atoms with Gasteiger partial charge in [0.15, 0.2) is 0 Å². The molecule has 2 unspecified atom stereocenters. The molecule has 2 aliphatic rings. The number of guanidine groups is 1. The highest BCUT2D eigenvalue weighted by molar-refractivity contribution is 5.79. The van der Waals surface area contributed by atoms with Crippen LogP contribution < -0.4 is 16.6 Å². The van der Waals surface area contributed by atoms with Crippen molar-refractivity contribution >= 4 is 5.96 Å². The molecule has 4 N–H and O–H groups in total. The molecule has 5 nitrogen and oxygen atoms in total. The molecule has 0 radical (unpaired) electrons. The first-order chi connectivity index (χ1) is 7.70. The number of nitrogens with two attached hydrogens (primary N) is 1. The van der Waals surface area contributed by atoms with Gasteiger partial charge in [0.2, 0.25) is 5.96 Å². The van der Waals surface area contributed by atoms with Crippen molar-refractivity contribution in [3.8, 4) is 0 Å². The highest BCUT2D eigenvalue weighted by Gasteiger charge is 2.37. The molecule has 0 saturated carbocycles. The zero-order chi connectivity index (χ0) is 11.5. The monoisotopic (exact) mass is 225 g/mol. The minimum atomic E-state index is 0.357. The summed E-state index contributed by atoms with van der Waals surface area (Å²) in [6, 6.07) is 1.42. The van der Waals surface area contributed by atoms with Gasteiger partial charge in [-0.25, -0.2) is 10.8 Å². The summed E-state index contributed by atoms with van der Waals surface area (Å²) in [5.74, 6) is 6.21. The van der Waals surface area contributed by atoms with Gasteiger partial charge in [-0.15, -0.1) is 0 Å². The second-order valence-corrected chi connectivity index (χ2v) is 5.02. The quantitative estimate of drug-likeness (QED) is 0.269. The maximum atomic E-state index is 5.48. The van der Waals surface area contributed by atoms with E-state index in [9.17, 15) is 0 Å². The van der Waals surface area contributed by atoms with E-state index in [0.29, 0.717) is 18.1 Å². The SMILES string of the molecule is CC(C)NC(=NC1CCN2CCCC12)NN. The van der Waals surface area contributed by atoms with Crippen molar-refractivity contribution in [2.75, 3.05) is 13.1 Å². The zero-order valence-corrected chi connectivity index (χ0v) is 10.2. The maximum Gasteiger partial charge on any atom is 0.206 e. The fourth-order valence-electron chi connectivity index (χ4n) is 2.76. The van der Waals surface area contributed by atoms with E-state index < -0.39 is 0 Å². The minimum Gasteiger partial charge on any atom is -0.353 e. The average Bonchev–Trinajstić information content (AvgIpc) is 2.80. The molecule has 16 heavy (non-hydrogen) atoms. The van der Waals surface area contributed by atoms with Crippen molar-refractivity contribution in [1.29, 1.82) is 0 Å². The second kappa shape index (κ2) is 5.01. The number of hydrogen-bond acceptors (Lipinski definition) is 3. The predicted octanol–water partition coefficient (Wildman–Crippen LogP) is 0.0404. The zero-order valence-electron chi connectivity index (χ0n) is 10.2. The van der Waals surface area contributed by atoms with Crippen LogP contribution in [0.15, 0.2) is 4.99 Å². The minimum absolute atomic E-state index is 0.357. The summed E-state index contributed by atoms with van der Waals surface area (Å²) < 4.78 is 0. The van der Waals surface area contributed by atoms with E-state index in [1.807, 2.05) is 0 Å². The van der Waals surface area contributed by atoms with Crippen molar-refractivity contribution in [2.24, 2.45) is 10.8 Å². The van der Waals surface area contributed by atoms with E-state index in [1.165, 1.54) is 25.9 Å². The maximum absolute atomic E-state index is 5.48. The van der Waals surface area contributed by atoms with E-state index in [1.54, 1.807) is 0 Å². The van der Waals surface area contributed by atoms with Crippen LogP contribution in [0.1, 0.15) is 33.1 Å². The number of fused-ring (bicyclic) bond motifs is 1. The molecule has 0 bridgehead atoms. The Labute approximate surface area is 97.4 Å². The summed E-state index contributed by atoms with van der Waals surface area (Å²) in [6.07, 6.45) is 3.77. The third-order valence-electron chi connectivity index (χ3n) is 3.43. The lowest BCUT2D eigenvalue weighted by Gasteiger charge is -2.19.